The van der Waals surface area contributed by atoms with Crippen LogP contribution in [0.4, 0.5) is 0 Å². The summed E-state index contributed by atoms with van der Waals surface area (Å²) in [5.74, 6) is 1.04. The van der Waals surface area contributed by atoms with Gasteiger partial charge in [0.05, 0.1) is 19.7 Å². The topological polar surface area (TPSA) is 63.8 Å². The van der Waals surface area contributed by atoms with Gasteiger partial charge in [-0.3, -0.25) is 4.79 Å². The van der Waals surface area contributed by atoms with E-state index in [1.165, 1.54) is 18.0 Å². The first-order valence-electron chi connectivity index (χ1n) is 8.10. The summed E-state index contributed by atoms with van der Waals surface area (Å²) in [5.41, 5.74) is 3.34. The minimum absolute atomic E-state index is 0.213. The number of hydrazone groups is 1. The number of hydrogen-bond donors (Lipinski definition) is 1. The average Bonchev–Trinajstić information content (AvgIpc) is 3.11. The van der Waals surface area contributed by atoms with E-state index in [1.54, 1.807) is 13.2 Å². The molecule has 3 rings (SSSR count). The highest BCUT2D eigenvalue weighted by Gasteiger charge is 2.05. The summed E-state index contributed by atoms with van der Waals surface area (Å²) in [6, 6.07) is 18.5. The molecule has 0 unspecified atom stereocenters. The minimum atomic E-state index is -0.221. The van der Waals surface area contributed by atoms with Crippen molar-refractivity contribution in [1.29, 1.82) is 0 Å². The summed E-state index contributed by atoms with van der Waals surface area (Å²) >= 11 is 7.35. The van der Waals surface area contributed by atoms with Gasteiger partial charge in [-0.25, -0.2) is 5.43 Å². The SMILES string of the molecule is COc1cccc(CC(=O)N/N=C/c2ccc(Sc3ccc(Cl)cc3)o2)c1. The fraction of sp³-hybridized carbons (Fsp3) is 0.100. The van der Waals surface area contributed by atoms with Crippen molar-refractivity contribution in [2.45, 2.75) is 16.4 Å². The first kappa shape index (κ1) is 19.1. The van der Waals surface area contributed by atoms with Gasteiger partial charge >= 0.3 is 0 Å². The van der Waals surface area contributed by atoms with E-state index in [1.807, 2.05) is 54.6 Å². The van der Waals surface area contributed by atoms with E-state index in [2.05, 4.69) is 10.5 Å². The highest BCUT2D eigenvalue weighted by molar-refractivity contribution is 7.99. The first-order chi connectivity index (χ1) is 13.1. The minimum Gasteiger partial charge on any atom is -0.497 e. The summed E-state index contributed by atoms with van der Waals surface area (Å²) in [4.78, 5) is 13.0. The van der Waals surface area contributed by atoms with E-state index >= 15 is 0 Å². The number of furan rings is 1. The number of halogens is 1. The fourth-order valence-corrected chi connectivity index (χ4v) is 3.16. The van der Waals surface area contributed by atoms with Crippen molar-refractivity contribution in [3.8, 4) is 5.75 Å². The predicted molar refractivity (Wildman–Crippen MR) is 107 cm³/mol. The van der Waals surface area contributed by atoms with Crippen LogP contribution in [-0.2, 0) is 11.2 Å². The van der Waals surface area contributed by atoms with Gasteiger partial charge in [0.1, 0.15) is 11.5 Å². The average molecular weight is 401 g/mol. The number of methoxy groups -OCH3 is 1. The van der Waals surface area contributed by atoms with Gasteiger partial charge in [-0.05, 0) is 54.1 Å². The summed E-state index contributed by atoms with van der Waals surface area (Å²) in [7, 11) is 1.59. The standard InChI is InChI=1S/C20H17ClN2O3S/c1-25-16-4-2-3-14(11-16)12-19(24)23-22-13-17-7-10-20(26-17)27-18-8-5-15(21)6-9-18/h2-11,13H,12H2,1H3,(H,23,24)/b22-13+. The van der Waals surface area contributed by atoms with Gasteiger partial charge in [-0.1, -0.05) is 35.5 Å². The van der Waals surface area contributed by atoms with Crippen molar-refractivity contribution in [2.24, 2.45) is 5.10 Å². The molecule has 2 aromatic carbocycles. The zero-order chi connectivity index (χ0) is 19.1. The lowest BCUT2D eigenvalue weighted by Gasteiger charge is -2.03. The zero-order valence-corrected chi connectivity index (χ0v) is 16.1. The number of amides is 1. The van der Waals surface area contributed by atoms with Crippen LogP contribution in [0.2, 0.25) is 5.02 Å². The van der Waals surface area contributed by atoms with Gasteiger partial charge in [0, 0.05) is 9.92 Å². The van der Waals surface area contributed by atoms with Gasteiger partial charge in [0.25, 0.3) is 0 Å². The number of hydrogen-bond acceptors (Lipinski definition) is 5. The summed E-state index contributed by atoms with van der Waals surface area (Å²) in [6.45, 7) is 0. The van der Waals surface area contributed by atoms with E-state index in [0.717, 1.165) is 15.6 Å². The molecule has 3 aromatic rings. The highest BCUT2D eigenvalue weighted by atomic mass is 35.5. The third kappa shape index (κ3) is 5.91. The zero-order valence-electron chi connectivity index (χ0n) is 14.5. The Kier molecular flexibility index (Phi) is 6.57. The first-order valence-corrected chi connectivity index (χ1v) is 9.30. The molecule has 0 aliphatic carbocycles. The van der Waals surface area contributed by atoms with E-state index in [-0.39, 0.29) is 12.3 Å². The van der Waals surface area contributed by atoms with Crippen molar-refractivity contribution in [1.82, 2.24) is 5.43 Å². The number of ether oxygens (including phenoxy) is 1. The molecule has 0 aliphatic rings. The van der Waals surface area contributed by atoms with Crippen LogP contribution in [0.5, 0.6) is 5.75 Å². The molecule has 1 aromatic heterocycles. The van der Waals surface area contributed by atoms with E-state index in [9.17, 15) is 4.79 Å². The van der Waals surface area contributed by atoms with Gasteiger partial charge in [0.15, 0.2) is 5.09 Å². The lowest BCUT2D eigenvalue weighted by Crippen LogP contribution is -2.19. The molecule has 0 spiro atoms. The van der Waals surface area contributed by atoms with Crippen molar-refractivity contribution < 1.29 is 13.9 Å². The maximum absolute atomic E-state index is 12.0. The molecule has 27 heavy (non-hydrogen) atoms. The second-order valence-corrected chi connectivity index (χ2v) is 7.05. The van der Waals surface area contributed by atoms with E-state index in [4.69, 9.17) is 20.8 Å². The molecule has 0 radical (unpaired) electrons. The van der Waals surface area contributed by atoms with Crippen molar-refractivity contribution in [2.75, 3.05) is 7.11 Å². The normalized spacial score (nSPS) is 10.9. The van der Waals surface area contributed by atoms with Crippen molar-refractivity contribution >= 4 is 35.5 Å². The van der Waals surface area contributed by atoms with Crippen LogP contribution in [0, 0.1) is 0 Å². The van der Waals surface area contributed by atoms with Gasteiger partial charge in [0.2, 0.25) is 5.91 Å². The molecular weight excluding hydrogens is 384 g/mol. The second kappa shape index (κ2) is 9.30. The molecule has 1 N–H and O–H groups in total. The Hall–Kier alpha value is -2.70. The Bertz CT molecular complexity index is 938. The molecular formula is C20H17ClN2O3S. The molecule has 5 nitrogen and oxygen atoms in total. The molecule has 1 heterocycles. The predicted octanol–water partition coefficient (Wildman–Crippen LogP) is 4.79. The number of carbonyl (C=O) groups is 1. The largest absolute Gasteiger partial charge is 0.497 e. The number of benzene rings is 2. The van der Waals surface area contributed by atoms with Gasteiger partial charge in [-0.15, -0.1) is 0 Å². The number of carbonyl (C=O) groups excluding carboxylic acids is 1. The summed E-state index contributed by atoms with van der Waals surface area (Å²) in [5, 5.41) is 5.35. The Morgan fingerprint density at radius 1 is 1.22 bits per heavy atom. The maximum atomic E-state index is 12.0. The number of nitrogens with one attached hydrogen (secondary N) is 1. The van der Waals surface area contributed by atoms with Crippen LogP contribution in [0.25, 0.3) is 0 Å². The molecule has 0 atom stereocenters. The van der Waals surface area contributed by atoms with Crippen LogP contribution in [0.1, 0.15) is 11.3 Å². The number of nitrogens with zero attached hydrogens (tertiary/aromatic N) is 1. The smallest absolute Gasteiger partial charge is 0.244 e. The van der Waals surface area contributed by atoms with E-state index in [0.29, 0.717) is 16.5 Å². The summed E-state index contributed by atoms with van der Waals surface area (Å²) < 4.78 is 10.8. The second-order valence-electron chi connectivity index (χ2n) is 5.53. The lowest BCUT2D eigenvalue weighted by atomic mass is 10.1. The van der Waals surface area contributed by atoms with Crippen LogP contribution in [-0.4, -0.2) is 19.2 Å². The summed E-state index contributed by atoms with van der Waals surface area (Å²) in [6.07, 6.45) is 1.68. The quantitative estimate of drug-likeness (QED) is 0.457. The fourth-order valence-electron chi connectivity index (χ4n) is 2.25. The van der Waals surface area contributed by atoms with Gasteiger partial charge in [-0.2, -0.15) is 5.10 Å². The maximum Gasteiger partial charge on any atom is 0.244 e. The van der Waals surface area contributed by atoms with Gasteiger partial charge < -0.3 is 9.15 Å². The third-order valence-electron chi connectivity index (χ3n) is 3.51. The lowest BCUT2D eigenvalue weighted by molar-refractivity contribution is -0.120. The van der Waals surface area contributed by atoms with Crippen LogP contribution < -0.4 is 10.2 Å². The highest BCUT2D eigenvalue weighted by Crippen LogP contribution is 2.29. The molecule has 0 saturated carbocycles. The van der Waals surface area contributed by atoms with Crippen LogP contribution in [0.3, 0.4) is 0 Å². The molecule has 1 amide bonds. The van der Waals surface area contributed by atoms with Crippen molar-refractivity contribution in [3.05, 3.63) is 77.0 Å². The monoisotopic (exact) mass is 400 g/mol. The Balaban J connectivity index is 1.51. The van der Waals surface area contributed by atoms with E-state index < -0.39 is 0 Å². The molecule has 0 aliphatic heterocycles. The molecule has 0 bridgehead atoms. The Labute approximate surface area is 166 Å². The van der Waals surface area contributed by atoms with Crippen LogP contribution >= 0.6 is 23.4 Å². The number of rotatable bonds is 7. The van der Waals surface area contributed by atoms with Crippen molar-refractivity contribution in [3.63, 3.8) is 0 Å². The Morgan fingerprint density at radius 3 is 2.81 bits per heavy atom. The molecule has 0 saturated heterocycles. The van der Waals surface area contributed by atoms with Crippen LogP contribution in [0.15, 0.2) is 80.2 Å². The molecule has 0 fully saturated rings. The third-order valence-corrected chi connectivity index (χ3v) is 4.69. The molecule has 138 valence electrons. The Morgan fingerprint density at radius 2 is 2.04 bits per heavy atom. The molecule has 7 heteroatoms.